The van der Waals surface area contributed by atoms with Crippen LogP contribution in [0.3, 0.4) is 0 Å². The fourth-order valence-corrected chi connectivity index (χ4v) is 5.19. The highest BCUT2D eigenvalue weighted by Crippen LogP contribution is 2.47. The maximum absolute atomic E-state index is 6.52. The molecule has 2 aromatic carbocycles. The van der Waals surface area contributed by atoms with Gasteiger partial charge in [-0.15, -0.1) is 0 Å². The van der Waals surface area contributed by atoms with Gasteiger partial charge in [0.1, 0.15) is 5.75 Å². The van der Waals surface area contributed by atoms with Crippen LogP contribution in [0.2, 0.25) is 5.02 Å². The monoisotopic (exact) mass is 426 g/mol. The number of nitrogens with zero attached hydrogens (tertiary/aromatic N) is 2. The van der Waals surface area contributed by atoms with E-state index in [2.05, 4.69) is 5.01 Å². The van der Waals surface area contributed by atoms with Crippen LogP contribution in [-0.2, 0) is 0 Å². The van der Waals surface area contributed by atoms with Gasteiger partial charge in [-0.05, 0) is 49.2 Å². The summed E-state index contributed by atoms with van der Waals surface area (Å²) in [5, 5.41) is 8.01. The molecule has 2 atom stereocenters. The van der Waals surface area contributed by atoms with E-state index in [1.165, 1.54) is 32.1 Å². The van der Waals surface area contributed by atoms with Crippen molar-refractivity contribution in [3.63, 3.8) is 0 Å². The topological polar surface area (TPSA) is 43.3 Å². The fraction of sp³-hybridized carbons (Fsp3) is 0.458. The van der Waals surface area contributed by atoms with Gasteiger partial charge in [-0.3, -0.25) is 0 Å². The van der Waals surface area contributed by atoms with E-state index in [1.54, 1.807) is 14.2 Å². The number of hydrogen-bond donors (Lipinski definition) is 0. The van der Waals surface area contributed by atoms with Crippen molar-refractivity contribution in [2.75, 3.05) is 14.2 Å². The van der Waals surface area contributed by atoms with Gasteiger partial charge in [-0.1, -0.05) is 30.9 Å². The van der Waals surface area contributed by atoms with Gasteiger partial charge in [0.2, 0.25) is 0 Å². The van der Waals surface area contributed by atoms with Crippen LogP contribution in [0, 0.1) is 5.92 Å². The minimum atomic E-state index is -0.0263. The number of fused-ring (bicyclic) bond motifs is 3. The average Bonchev–Trinajstić information content (AvgIpc) is 3.24. The molecular formula is C24H27ClN2O3. The van der Waals surface area contributed by atoms with Crippen molar-refractivity contribution < 1.29 is 14.2 Å². The Hall–Kier alpha value is -2.40. The number of benzene rings is 2. The Morgan fingerprint density at radius 1 is 1.00 bits per heavy atom. The van der Waals surface area contributed by atoms with E-state index < -0.39 is 0 Å². The third-order valence-electron chi connectivity index (χ3n) is 6.55. The van der Waals surface area contributed by atoms with Crippen LogP contribution in [0.25, 0.3) is 0 Å². The summed E-state index contributed by atoms with van der Waals surface area (Å²) in [5.74, 6) is 2.88. The average molecular weight is 427 g/mol. The van der Waals surface area contributed by atoms with E-state index >= 15 is 0 Å². The summed E-state index contributed by atoms with van der Waals surface area (Å²) in [7, 11) is 3.31. The number of rotatable bonds is 4. The Balaban J connectivity index is 1.53. The molecular weight excluding hydrogens is 400 g/mol. The smallest absolute Gasteiger partial charge is 0.190 e. The molecule has 2 aliphatic heterocycles. The Morgan fingerprint density at radius 3 is 2.57 bits per heavy atom. The quantitative estimate of drug-likeness (QED) is 0.619. The zero-order valence-electron chi connectivity index (χ0n) is 17.4. The third-order valence-corrected chi connectivity index (χ3v) is 6.79. The molecule has 1 saturated carbocycles. The second-order valence-corrected chi connectivity index (χ2v) is 8.74. The second kappa shape index (κ2) is 8.03. The van der Waals surface area contributed by atoms with Gasteiger partial charge in [0, 0.05) is 28.5 Å². The van der Waals surface area contributed by atoms with Crippen molar-refractivity contribution in [2.24, 2.45) is 11.0 Å². The molecule has 0 radical (unpaired) electrons. The number of halogens is 1. The lowest BCUT2D eigenvalue weighted by Gasteiger charge is -2.42. The standard InChI is InChI=1S/C24H27ClN2O3/c1-28-22-10-8-16(12-23(22)29-2)19-14-20-18-13-17(25)9-11-21(18)30-24(27(20)26-19)15-6-4-3-5-7-15/h8-13,15,20,24H,3-7,14H2,1-2H3/t20-,24+/m0/s1. The maximum atomic E-state index is 6.52. The molecule has 2 aromatic rings. The largest absolute Gasteiger partial charge is 0.493 e. The highest BCUT2D eigenvalue weighted by molar-refractivity contribution is 6.30. The predicted octanol–water partition coefficient (Wildman–Crippen LogP) is 5.81. The zero-order chi connectivity index (χ0) is 20.7. The van der Waals surface area contributed by atoms with Crippen molar-refractivity contribution in [1.82, 2.24) is 5.01 Å². The molecule has 0 saturated heterocycles. The first kappa shape index (κ1) is 19.6. The normalized spacial score (nSPS) is 23.3. The Kier molecular flexibility index (Phi) is 5.23. The molecule has 0 unspecified atom stereocenters. The molecule has 158 valence electrons. The highest BCUT2D eigenvalue weighted by Gasteiger charge is 2.43. The minimum absolute atomic E-state index is 0.0263. The van der Waals surface area contributed by atoms with Crippen molar-refractivity contribution in [1.29, 1.82) is 0 Å². The summed E-state index contributed by atoms with van der Waals surface area (Å²) in [5.41, 5.74) is 3.21. The summed E-state index contributed by atoms with van der Waals surface area (Å²) in [6, 6.07) is 12.1. The summed E-state index contributed by atoms with van der Waals surface area (Å²) in [4.78, 5) is 0. The van der Waals surface area contributed by atoms with Crippen LogP contribution >= 0.6 is 11.6 Å². The molecule has 3 aliphatic rings. The van der Waals surface area contributed by atoms with Gasteiger partial charge in [0.05, 0.1) is 26.0 Å². The molecule has 1 fully saturated rings. The maximum Gasteiger partial charge on any atom is 0.190 e. The van der Waals surface area contributed by atoms with Gasteiger partial charge >= 0.3 is 0 Å². The molecule has 0 amide bonds. The van der Waals surface area contributed by atoms with Crippen molar-refractivity contribution in [3.8, 4) is 17.2 Å². The van der Waals surface area contributed by atoms with Crippen LogP contribution < -0.4 is 14.2 Å². The van der Waals surface area contributed by atoms with Crippen LogP contribution in [0.4, 0.5) is 0 Å². The van der Waals surface area contributed by atoms with Crippen LogP contribution in [0.15, 0.2) is 41.5 Å². The lowest BCUT2D eigenvalue weighted by atomic mass is 9.86. The van der Waals surface area contributed by atoms with Crippen molar-refractivity contribution in [3.05, 3.63) is 52.5 Å². The highest BCUT2D eigenvalue weighted by atomic mass is 35.5. The summed E-state index contributed by atoms with van der Waals surface area (Å²) in [6.07, 6.45) is 7.03. The Bertz CT molecular complexity index is 971. The molecule has 1 aliphatic carbocycles. The first-order valence-electron chi connectivity index (χ1n) is 10.7. The Morgan fingerprint density at radius 2 is 1.80 bits per heavy atom. The summed E-state index contributed by atoms with van der Waals surface area (Å²) < 4.78 is 17.4. The number of methoxy groups -OCH3 is 2. The van der Waals surface area contributed by atoms with E-state index in [1.807, 2.05) is 36.4 Å². The Labute approximate surface area is 182 Å². The van der Waals surface area contributed by atoms with Gasteiger partial charge < -0.3 is 14.2 Å². The van der Waals surface area contributed by atoms with Crippen LogP contribution in [0.1, 0.15) is 55.7 Å². The SMILES string of the molecule is COc1ccc(C2=NN3[C@@H](C4CCCCC4)Oc4ccc(Cl)cc4[C@@H]3C2)cc1OC. The zero-order valence-corrected chi connectivity index (χ0v) is 18.2. The molecule has 0 N–H and O–H groups in total. The number of ether oxygens (including phenoxy) is 3. The first-order valence-corrected chi connectivity index (χ1v) is 11.1. The number of hydrazone groups is 1. The second-order valence-electron chi connectivity index (χ2n) is 8.31. The molecule has 5 rings (SSSR count). The lowest BCUT2D eigenvalue weighted by molar-refractivity contribution is -0.0643. The molecule has 0 bridgehead atoms. The minimum Gasteiger partial charge on any atom is -0.493 e. The molecule has 0 spiro atoms. The molecule has 0 aromatic heterocycles. The predicted molar refractivity (Wildman–Crippen MR) is 118 cm³/mol. The molecule has 2 heterocycles. The summed E-state index contributed by atoms with van der Waals surface area (Å²) >= 11 is 6.34. The van der Waals surface area contributed by atoms with E-state index in [0.717, 1.165) is 39.8 Å². The van der Waals surface area contributed by atoms with Gasteiger partial charge in [0.25, 0.3) is 0 Å². The van der Waals surface area contributed by atoms with E-state index in [0.29, 0.717) is 11.7 Å². The van der Waals surface area contributed by atoms with E-state index in [4.69, 9.17) is 30.9 Å². The van der Waals surface area contributed by atoms with Crippen LogP contribution in [0.5, 0.6) is 17.2 Å². The van der Waals surface area contributed by atoms with E-state index in [9.17, 15) is 0 Å². The van der Waals surface area contributed by atoms with Gasteiger partial charge in [-0.2, -0.15) is 5.10 Å². The lowest BCUT2D eigenvalue weighted by Crippen LogP contribution is -2.45. The molecule has 30 heavy (non-hydrogen) atoms. The summed E-state index contributed by atoms with van der Waals surface area (Å²) in [6.45, 7) is 0. The molecule has 5 nitrogen and oxygen atoms in total. The van der Waals surface area contributed by atoms with Crippen molar-refractivity contribution >= 4 is 17.3 Å². The first-order chi connectivity index (χ1) is 14.7. The van der Waals surface area contributed by atoms with E-state index in [-0.39, 0.29) is 12.3 Å². The molecule has 6 heteroatoms. The van der Waals surface area contributed by atoms with Crippen molar-refractivity contribution in [2.45, 2.75) is 50.8 Å². The third kappa shape index (κ3) is 3.39. The van der Waals surface area contributed by atoms with Gasteiger partial charge in [-0.25, -0.2) is 5.01 Å². The number of hydrogen-bond acceptors (Lipinski definition) is 5. The van der Waals surface area contributed by atoms with Gasteiger partial charge in [0.15, 0.2) is 17.7 Å². The van der Waals surface area contributed by atoms with Crippen LogP contribution in [-0.4, -0.2) is 31.2 Å². The fourth-order valence-electron chi connectivity index (χ4n) is 5.01.